The third kappa shape index (κ3) is 3.30. The van der Waals surface area contributed by atoms with Gasteiger partial charge in [-0.1, -0.05) is 12.5 Å². The fourth-order valence-corrected chi connectivity index (χ4v) is 3.12. The Balaban J connectivity index is 1.67. The molecule has 1 heterocycles. The monoisotopic (exact) mass is 259 g/mol. The van der Waals surface area contributed by atoms with Crippen molar-refractivity contribution in [3.05, 3.63) is 29.3 Å². The van der Waals surface area contributed by atoms with Crippen LogP contribution >= 0.6 is 0 Å². The Morgan fingerprint density at radius 1 is 1.11 bits per heavy atom. The van der Waals surface area contributed by atoms with E-state index < -0.39 is 0 Å². The van der Waals surface area contributed by atoms with Crippen LogP contribution in [0, 0.1) is 12.8 Å². The van der Waals surface area contributed by atoms with Crippen molar-refractivity contribution in [3.63, 3.8) is 0 Å². The summed E-state index contributed by atoms with van der Waals surface area (Å²) in [4.78, 5) is 0. The largest absolute Gasteiger partial charge is 0.493 e. The molecule has 1 N–H and O–H groups in total. The SMILES string of the molecule is Cc1cc(OCC2CCC2)cc(C2CCNCC2)c1. The predicted octanol–water partition coefficient (Wildman–Crippen LogP) is 3.64. The van der Waals surface area contributed by atoms with Gasteiger partial charge in [0.2, 0.25) is 0 Å². The van der Waals surface area contributed by atoms with Gasteiger partial charge in [0.05, 0.1) is 6.61 Å². The number of ether oxygens (including phenoxy) is 1. The highest BCUT2D eigenvalue weighted by Gasteiger charge is 2.19. The van der Waals surface area contributed by atoms with Gasteiger partial charge in [-0.15, -0.1) is 0 Å². The summed E-state index contributed by atoms with van der Waals surface area (Å²) >= 11 is 0. The van der Waals surface area contributed by atoms with Crippen molar-refractivity contribution in [3.8, 4) is 5.75 Å². The van der Waals surface area contributed by atoms with Crippen LogP contribution in [0.3, 0.4) is 0 Å². The number of hydrogen-bond donors (Lipinski definition) is 1. The zero-order valence-electron chi connectivity index (χ0n) is 12.0. The predicted molar refractivity (Wildman–Crippen MR) is 78.9 cm³/mol. The molecule has 19 heavy (non-hydrogen) atoms. The van der Waals surface area contributed by atoms with Crippen LogP contribution in [0.4, 0.5) is 0 Å². The Hall–Kier alpha value is -1.02. The number of hydrogen-bond acceptors (Lipinski definition) is 2. The number of rotatable bonds is 4. The molecule has 2 heteroatoms. The summed E-state index contributed by atoms with van der Waals surface area (Å²) in [7, 11) is 0. The maximum absolute atomic E-state index is 6.01. The molecule has 1 aliphatic heterocycles. The van der Waals surface area contributed by atoms with Crippen molar-refractivity contribution in [1.29, 1.82) is 0 Å². The molecule has 0 atom stereocenters. The molecule has 0 unspecified atom stereocenters. The first-order valence-corrected chi connectivity index (χ1v) is 7.76. The molecule has 0 bridgehead atoms. The van der Waals surface area contributed by atoms with Gasteiger partial charge < -0.3 is 10.1 Å². The first kappa shape index (κ1) is 13.0. The molecule has 0 aromatic heterocycles. The molecule has 0 spiro atoms. The fraction of sp³-hybridized carbons (Fsp3) is 0.647. The summed E-state index contributed by atoms with van der Waals surface area (Å²) < 4.78 is 6.01. The average Bonchev–Trinajstić information content (AvgIpc) is 2.37. The lowest BCUT2D eigenvalue weighted by atomic mass is 9.86. The summed E-state index contributed by atoms with van der Waals surface area (Å²) in [6, 6.07) is 6.80. The maximum Gasteiger partial charge on any atom is 0.119 e. The molecule has 0 amide bonds. The summed E-state index contributed by atoms with van der Waals surface area (Å²) in [6.07, 6.45) is 6.61. The van der Waals surface area contributed by atoms with Gasteiger partial charge in [0, 0.05) is 0 Å². The van der Waals surface area contributed by atoms with Crippen LogP contribution < -0.4 is 10.1 Å². The lowest BCUT2D eigenvalue weighted by Crippen LogP contribution is -2.26. The summed E-state index contributed by atoms with van der Waals surface area (Å²) in [6.45, 7) is 5.39. The van der Waals surface area contributed by atoms with Crippen molar-refractivity contribution in [1.82, 2.24) is 5.32 Å². The first-order valence-electron chi connectivity index (χ1n) is 7.76. The molecule has 1 saturated carbocycles. The van der Waals surface area contributed by atoms with E-state index in [0.717, 1.165) is 31.4 Å². The highest BCUT2D eigenvalue weighted by molar-refractivity contribution is 5.36. The van der Waals surface area contributed by atoms with Crippen LogP contribution in [0.15, 0.2) is 18.2 Å². The van der Waals surface area contributed by atoms with Gasteiger partial charge in [0.25, 0.3) is 0 Å². The molecular formula is C17H25NO. The Morgan fingerprint density at radius 2 is 1.89 bits per heavy atom. The topological polar surface area (TPSA) is 21.3 Å². The normalized spacial score (nSPS) is 21.1. The van der Waals surface area contributed by atoms with E-state index in [1.54, 1.807) is 0 Å². The molecule has 0 radical (unpaired) electrons. The molecule has 1 aromatic rings. The number of aryl methyl sites for hydroxylation is 1. The quantitative estimate of drug-likeness (QED) is 0.891. The third-order valence-corrected chi connectivity index (χ3v) is 4.59. The smallest absolute Gasteiger partial charge is 0.119 e. The summed E-state index contributed by atoms with van der Waals surface area (Å²) in [5.74, 6) is 2.61. The van der Waals surface area contributed by atoms with Crippen molar-refractivity contribution in [2.45, 2.75) is 44.9 Å². The molecule has 2 fully saturated rings. The van der Waals surface area contributed by atoms with Gasteiger partial charge in [-0.25, -0.2) is 0 Å². The number of piperidine rings is 1. The van der Waals surface area contributed by atoms with Gasteiger partial charge in [-0.3, -0.25) is 0 Å². The van der Waals surface area contributed by atoms with Gasteiger partial charge in [-0.05, 0) is 80.8 Å². The maximum atomic E-state index is 6.01. The minimum Gasteiger partial charge on any atom is -0.493 e. The van der Waals surface area contributed by atoms with Crippen LogP contribution in [0.25, 0.3) is 0 Å². The first-order chi connectivity index (χ1) is 9.31. The molecular weight excluding hydrogens is 234 g/mol. The Morgan fingerprint density at radius 3 is 2.58 bits per heavy atom. The van der Waals surface area contributed by atoms with Crippen LogP contribution in [-0.4, -0.2) is 19.7 Å². The standard InChI is InChI=1S/C17H25NO/c1-13-9-16(15-5-7-18-8-6-15)11-17(10-13)19-12-14-3-2-4-14/h9-11,14-15,18H,2-8,12H2,1H3. The Labute approximate surface area is 116 Å². The molecule has 104 valence electrons. The van der Waals surface area contributed by atoms with E-state index in [4.69, 9.17) is 4.74 Å². The third-order valence-electron chi connectivity index (χ3n) is 4.59. The zero-order chi connectivity index (χ0) is 13.1. The van der Waals surface area contributed by atoms with E-state index in [0.29, 0.717) is 5.92 Å². The van der Waals surface area contributed by atoms with E-state index in [1.807, 2.05) is 0 Å². The van der Waals surface area contributed by atoms with Crippen molar-refractivity contribution >= 4 is 0 Å². The summed E-state index contributed by atoms with van der Waals surface area (Å²) in [5.41, 5.74) is 2.81. The highest BCUT2D eigenvalue weighted by Crippen LogP contribution is 2.31. The van der Waals surface area contributed by atoms with Crippen LogP contribution in [-0.2, 0) is 0 Å². The van der Waals surface area contributed by atoms with Crippen molar-refractivity contribution in [2.75, 3.05) is 19.7 Å². The van der Waals surface area contributed by atoms with Crippen LogP contribution in [0.5, 0.6) is 5.75 Å². The van der Waals surface area contributed by atoms with Gasteiger partial charge in [-0.2, -0.15) is 0 Å². The molecule has 2 nitrogen and oxygen atoms in total. The molecule has 2 aliphatic rings. The molecule has 1 aromatic carbocycles. The highest BCUT2D eigenvalue weighted by atomic mass is 16.5. The molecule has 1 saturated heterocycles. The van der Waals surface area contributed by atoms with E-state index in [1.165, 1.54) is 43.2 Å². The van der Waals surface area contributed by atoms with Gasteiger partial charge in [0.15, 0.2) is 0 Å². The van der Waals surface area contributed by atoms with E-state index in [9.17, 15) is 0 Å². The van der Waals surface area contributed by atoms with Crippen molar-refractivity contribution in [2.24, 2.45) is 5.92 Å². The number of benzene rings is 1. The lowest BCUT2D eigenvalue weighted by Gasteiger charge is -2.26. The zero-order valence-corrected chi connectivity index (χ0v) is 12.0. The lowest BCUT2D eigenvalue weighted by molar-refractivity contribution is 0.180. The van der Waals surface area contributed by atoms with E-state index in [-0.39, 0.29) is 0 Å². The van der Waals surface area contributed by atoms with Crippen molar-refractivity contribution < 1.29 is 4.74 Å². The molecule has 3 rings (SSSR count). The minimum atomic E-state index is 0.715. The Bertz CT molecular complexity index is 419. The minimum absolute atomic E-state index is 0.715. The van der Waals surface area contributed by atoms with Gasteiger partial charge >= 0.3 is 0 Å². The second kappa shape index (κ2) is 5.96. The van der Waals surface area contributed by atoms with E-state index in [2.05, 4.69) is 30.4 Å². The van der Waals surface area contributed by atoms with Crippen LogP contribution in [0.1, 0.15) is 49.1 Å². The average molecular weight is 259 g/mol. The second-order valence-corrected chi connectivity index (χ2v) is 6.21. The van der Waals surface area contributed by atoms with Gasteiger partial charge in [0.1, 0.15) is 5.75 Å². The number of nitrogens with one attached hydrogen (secondary N) is 1. The van der Waals surface area contributed by atoms with E-state index >= 15 is 0 Å². The fourth-order valence-electron chi connectivity index (χ4n) is 3.12. The van der Waals surface area contributed by atoms with Crippen LogP contribution in [0.2, 0.25) is 0 Å². The Kier molecular flexibility index (Phi) is 4.07. The molecule has 1 aliphatic carbocycles. The second-order valence-electron chi connectivity index (χ2n) is 6.21. The summed E-state index contributed by atoms with van der Waals surface area (Å²) in [5, 5.41) is 3.44.